The molecule has 0 aliphatic heterocycles. The van der Waals surface area contributed by atoms with E-state index in [-0.39, 0.29) is 11.9 Å². The SMILES string of the molecule is CCCCCCCCCCCCCCCCCCCCCCCCCCCCOC(=O)CCCCCCCCCCCCCCCCCCCCC.CCCCCCCCCCCCCCCCCCCCCCCCCCOC(=O)CCCCCCCCCCCCCCCCCCCCC.CCCCCCCCCCCCCCCCCCOC(=O)C(=O)OCCCCCCCCCCCCCCCCCC. The van der Waals surface area contributed by atoms with Gasteiger partial charge >= 0.3 is 23.9 Å². The summed E-state index contributed by atoms with van der Waals surface area (Å²) >= 11 is 0. The van der Waals surface area contributed by atoms with Gasteiger partial charge in [-0.15, -0.1) is 0 Å². The van der Waals surface area contributed by atoms with Crippen LogP contribution in [0.2, 0.25) is 0 Å². The summed E-state index contributed by atoms with van der Waals surface area (Å²) in [7, 11) is 0. The lowest BCUT2D eigenvalue weighted by atomic mass is 10.0. The molecule has 0 unspecified atom stereocenters. The summed E-state index contributed by atoms with van der Waals surface area (Å²) in [5.74, 6) is -1.59. The van der Waals surface area contributed by atoms with Crippen LogP contribution in [0, 0.1) is 0 Å². The maximum Gasteiger partial charge on any atom is 0.417 e. The Kier molecular flexibility index (Phi) is 143. The highest BCUT2D eigenvalue weighted by molar-refractivity contribution is 6.29. The van der Waals surface area contributed by atoms with E-state index in [1.54, 1.807) is 0 Å². The summed E-state index contributed by atoms with van der Waals surface area (Å²) in [6.07, 6.45) is 167. The topological polar surface area (TPSA) is 105 Å². The van der Waals surface area contributed by atoms with Crippen molar-refractivity contribution in [2.45, 2.75) is 825 Å². The number of unbranched alkanes of at least 4 members (excludes halogenated alkanes) is 114. The maximum atomic E-state index is 12.0. The van der Waals surface area contributed by atoms with E-state index in [0.717, 1.165) is 51.4 Å². The molecule has 0 amide bonds. The van der Waals surface area contributed by atoms with Crippen molar-refractivity contribution < 1.29 is 38.1 Å². The Morgan fingerprint density at radius 2 is 0.174 bits per heavy atom. The third-order valence-electron chi connectivity index (χ3n) is 31.6. The average Bonchev–Trinajstić information content (AvgIpc) is 0.967. The van der Waals surface area contributed by atoms with Gasteiger partial charge in [-0.3, -0.25) is 9.59 Å². The molecule has 8 nitrogen and oxygen atoms in total. The Labute approximate surface area is 907 Å². The zero-order valence-corrected chi connectivity index (χ0v) is 100. The van der Waals surface area contributed by atoms with E-state index in [4.69, 9.17) is 18.9 Å². The van der Waals surface area contributed by atoms with Crippen LogP contribution in [0.5, 0.6) is 0 Å². The molecule has 144 heavy (non-hydrogen) atoms. The number of carbonyl (C=O) groups is 4. The second-order valence-electron chi connectivity index (χ2n) is 46.5. The molecule has 0 aromatic carbocycles. The van der Waals surface area contributed by atoms with Crippen LogP contribution < -0.4 is 0 Å². The van der Waals surface area contributed by atoms with E-state index in [0.29, 0.717) is 39.3 Å². The summed E-state index contributed by atoms with van der Waals surface area (Å²) in [6.45, 7) is 15.7. The van der Waals surface area contributed by atoms with Gasteiger partial charge in [0, 0.05) is 12.8 Å². The second kappa shape index (κ2) is 141. The van der Waals surface area contributed by atoms with E-state index in [9.17, 15) is 19.2 Å². The van der Waals surface area contributed by atoms with E-state index in [1.807, 2.05) is 0 Å². The van der Waals surface area contributed by atoms with Crippen LogP contribution in [0.3, 0.4) is 0 Å². The Morgan fingerprint density at radius 3 is 0.271 bits per heavy atom. The van der Waals surface area contributed by atoms with Crippen molar-refractivity contribution in [1.29, 1.82) is 0 Å². The summed E-state index contributed by atoms with van der Waals surface area (Å²) in [5, 5.41) is 0. The molecular formula is C136H270O8. The molecule has 0 aromatic rings. The molecule has 8 heteroatoms. The van der Waals surface area contributed by atoms with Crippen LogP contribution in [0.4, 0.5) is 0 Å². The lowest BCUT2D eigenvalue weighted by Gasteiger charge is -2.06. The van der Waals surface area contributed by atoms with Gasteiger partial charge in [0.05, 0.1) is 26.4 Å². The molecule has 0 fully saturated rings. The smallest absolute Gasteiger partial charge is 0.417 e. The molecule has 0 heterocycles. The van der Waals surface area contributed by atoms with Crippen LogP contribution in [-0.4, -0.2) is 50.3 Å². The molecule has 0 spiro atoms. The monoisotopic (exact) mass is 2030 g/mol. The minimum absolute atomic E-state index is 0.0334. The number of hydrogen-bond acceptors (Lipinski definition) is 8. The Hall–Kier alpha value is -2.12. The first kappa shape index (κ1) is 146. The Bertz CT molecular complexity index is 2220. The molecule has 0 bridgehead atoms. The van der Waals surface area contributed by atoms with Crippen LogP contribution in [0.25, 0.3) is 0 Å². The molecule has 0 N–H and O–H groups in total. The zero-order valence-electron chi connectivity index (χ0n) is 100. The van der Waals surface area contributed by atoms with Crippen molar-refractivity contribution in [2.75, 3.05) is 26.4 Å². The lowest BCUT2D eigenvalue weighted by molar-refractivity contribution is -0.167. The van der Waals surface area contributed by atoms with Gasteiger partial charge in [-0.1, -0.05) is 774 Å². The predicted molar refractivity (Wildman–Crippen MR) is 641 cm³/mol. The molecule has 0 aromatic heterocycles. The molecule has 0 radical (unpaired) electrons. The van der Waals surface area contributed by atoms with Crippen molar-refractivity contribution in [3.05, 3.63) is 0 Å². The number of carbonyl (C=O) groups excluding carboxylic acids is 4. The molecule has 0 saturated heterocycles. The van der Waals surface area contributed by atoms with Gasteiger partial charge in [0.1, 0.15) is 0 Å². The molecule has 862 valence electrons. The van der Waals surface area contributed by atoms with E-state index >= 15 is 0 Å². The highest BCUT2D eigenvalue weighted by Crippen LogP contribution is 2.25. The Morgan fingerprint density at radius 1 is 0.0972 bits per heavy atom. The summed E-state index contributed by atoms with van der Waals surface area (Å²) in [6, 6.07) is 0. The largest absolute Gasteiger partial charge is 0.466 e. The molecule has 0 saturated carbocycles. The third kappa shape index (κ3) is 142. The lowest BCUT2D eigenvalue weighted by Crippen LogP contribution is -2.21. The average molecular weight is 2030 g/mol. The van der Waals surface area contributed by atoms with Gasteiger partial charge in [0.2, 0.25) is 0 Å². The van der Waals surface area contributed by atoms with Gasteiger partial charge in [-0.25, -0.2) is 9.59 Å². The van der Waals surface area contributed by atoms with Gasteiger partial charge in [0.25, 0.3) is 0 Å². The first-order valence-electron chi connectivity index (χ1n) is 68.0. The van der Waals surface area contributed by atoms with Crippen molar-refractivity contribution in [3.63, 3.8) is 0 Å². The summed E-state index contributed by atoms with van der Waals surface area (Å²) in [5.41, 5.74) is 0. The predicted octanol–water partition coefficient (Wildman–Crippen LogP) is 48.8. The molecular weight excluding hydrogens is 1760 g/mol. The fraction of sp³-hybridized carbons (Fsp3) is 0.971. The first-order valence-corrected chi connectivity index (χ1v) is 68.0. The van der Waals surface area contributed by atoms with E-state index in [1.165, 1.54) is 719 Å². The summed E-state index contributed by atoms with van der Waals surface area (Å²) < 4.78 is 21.2. The standard InChI is InChI=1S/C50H100O2.C48H96O2.C38H74O4/c1-3-5-7-9-11-13-15-17-19-21-23-24-25-26-27-28-29-31-33-35-37-39-41-43-45-47-49-52-50(51)48-46-44-42-40-38-36-34-32-30-22-20-18-16-14-12-10-8-6-4-2;1-3-5-7-9-11-13-15-17-19-21-23-24-25-26-27-29-31-33-35-37-39-41-43-45-47-50-48(49)46-44-42-40-38-36-34-32-30-28-22-20-18-16-14-12-10-8-6-4-2;1-3-5-7-9-11-13-15-17-19-21-23-25-27-29-31-33-35-41-37(39)38(40)42-36-34-32-30-28-26-24-22-20-18-16-14-12-10-8-6-4-2/h3-49H2,1-2H3;3-47H2,1-2H3;3-36H2,1-2H3. The third-order valence-corrected chi connectivity index (χ3v) is 31.6. The molecule has 0 atom stereocenters. The number of esters is 4. The molecule has 0 aliphatic rings. The zero-order chi connectivity index (χ0) is 104. The van der Waals surface area contributed by atoms with E-state index < -0.39 is 11.9 Å². The number of rotatable bonds is 126. The van der Waals surface area contributed by atoms with E-state index in [2.05, 4.69) is 41.5 Å². The highest BCUT2D eigenvalue weighted by atomic mass is 16.6. The Balaban J connectivity index is -0.00000208. The van der Waals surface area contributed by atoms with Crippen molar-refractivity contribution in [2.24, 2.45) is 0 Å². The quantitative estimate of drug-likeness (QED) is 0.0257. The van der Waals surface area contributed by atoms with Crippen molar-refractivity contribution >= 4 is 23.9 Å². The maximum absolute atomic E-state index is 12.0. The van der Waals surface area contributed by atoms with Gasteiger partial charge in [0.15, 0.2) is 0 Å². The summed E-state index contributed by atoms with van der Waals surface area (Å²) in [4.78, 5) is 47.7. The number of ether oxygens (including phenoxy) is 4. The van der Waals surface area contributed by atoms with Crippen LogP contribution in [0.1, 0.15) is 825 Å². The number of hydrogen-bond donors (Lipinski definition) is 0. The van der Waals surface area contributed by atoms with Crippen LogP contribution in [0.15, 0.2) is 0 Å². The van der Waals surface area contributed by atoms with Crippen molar-refractivity contribution in [1.82, 2.24) is 0 Å². The minimum atomic E-state index is -0.826. The highest BCUT2D eigenvalue weighted by Gasteiger charge is 2.17. The second-order valence-corrected chi connectivity index (χ2v) is 46.5. The normalized spacial score (nSPS) is 11.4. The van der Waals surface area contributed by atoms with Gasteiger partial charge in [-0.05, 0) is 38.5 Å². The van der Waals surface area contributed by atoms with Gasteiger partial charge in [-0.2, -0.15) is 0 Å². The van der Waals surface area contributed by atoms with Crippen LogP contribution >= 0.6 is 0 Å². The van der Waals surface area contributed by atoms with Crippen LogP contribution in [-0.2, 0) is 38.1 Å². The van der Waals surface area contributed by atoms with Crippen molar-refractivity contribution in [3.8, 4) is 0 Å². The fourth-order valence-corrected chi connectivity index (χ4v) is 21.4. The van der Waals surface area contributed by atoms with Gasteiger partial charge < -0.3 is 18.9 Å². The first-order chi connectivity index (χ1) is 71.3. The molecule has 0 aliphatic carbocycles. The minimum Gasteiger partial charge on any atom is -0.466 e. The fourth-order valence-electron chi connectivity index (χ4n) is 21.4. The molecule has 0 rings (SSSR count).